The van der Waals surface area contributed by atoms with E-state index < -0.39 is 0 Å². The lowest BCUT2D eigenvalue weighted by Gasteiger charge is -2.10. The summed E-state index contributed by atoms with van der Waals surface area (Å²) in [4.78, 5) is 8.38. The molecule has 0 bridgehead atoms. The quantitative estimate of drug-likeness (QED) is 0.338. The first-order valence-electron chi connectivity index (χ1n) is 6.11. The minimum absolute atomic E-state index is 0.362. The van der Waals surface area contributed by atoms with Crippen LogP contribution in [0.2, 0.25) is 5.15 Å². The maximum absolute atomic E-state index is 5.97. The largest absolute Gasteiger partial charge is 0.438 e. The first-order valence-corrected chi connectivity index (χ1v) is 8.50. The minimum Gasteiger partial charge on any atom is -0.438 e. The second-order valence-corrected chi connectivity index (χ2v) is 6.17. The third kappa shape index (κ3) is 3.15. The fourth-order valence-corrected chi connectivity index (χ4v) is 3.09. The molecule has 0 aliphatic rings. The zero-order chi connectivity index (χ0) is 14.8. The first-order chi connectivity index (χ1) is 10.2. The average Bonchev–Trinajstić information content (AvgIpc) is 2.50. The molecule has 3 aromatic rings. The van der Waals surface area contributed by atoms with E-state index in [0.717, 1.165) is 15.2 Å². The fraction of sp³-hybridized carbons (Fsp3) is 0.0667. The summed E-state index contributed by atoms with van der Waals surface area (Å²) in [5, 5.41) is 3.16. The summed E-state index contributed by atoms with van der Waals surface area (Å²) < 4.78 is 6.73. The summed E-state index contributed by atoms with van der Waals surface area (Å²) in [6, 6.07) is 13.6. The molecule has 0 saturated heterocycles. The Balaban J connectivity index is 2.02. The number of fused-ring (bicyclic) bond motifs is 1. The molecule has 6 heteroatoms. The second kappa shape index (κ2) is 6.22. The van der Waals surface area contributed by atoms with Gasteiger partial charge in [-0.1, -0.05) is 53.7 Å². The minimum atomic E-state index is 0.362. The summed E-state index contributed by atoms with van der Waals surface area (Å²) in [5.41, 5.74) is 0. The van der Waals surface area contributed by atoms with Gasteiger partial charge < -0.3 is 4.74 Å². The highest BCUT2D eigenvalue weighted by atomic mass is 79.9. The summed E-state index contributed by atoms with van der Waals surface area (Å²) in [6.45, 7) is 0. The van der Waals surface area contributed by atoms with Gasteiger partial charge in [0, 0.05) is 6.07 Å². The molecule has 0 fully saturated rings. The number of aromatic nitrogens is 2. The third-order valence-corrected chi connectivity index (χ3v) is 4.44. The van der Waals surface area contributed by atoms with E-state index in [9.17, 15) is 0 Å². The van der Waals surface area contributed by atoms with Gasteiger partial charge in [0.15, 0.2) is 5.16 Å². The van der Waals surface area contributed by atoms with Crippen molar-refractivity contribution < 1.29 is 4.74 Å². The lowest BCUT2D eigenvalue weighted by atomic mass is 10.1. The molecule has 0 atom stereocenters. The molecular weight excluding hydrogens is 372 g/mol. The zero-order valence-electron chi connectivity index (χ0n) is 11.0. The van der Waals surface area contributed by atoms with Crippen LogP contribution in [0.5, 0.6) is 11.6 Å². The summed E-state index contributed by atoms with van der Waals surface area (Å²) in [7, 11) is 0. The van der Waals surface area contributed by atoms with Crippen LogP contribution in [0.15, 0.2) is 52.1 Å². The van der Waals surface area contributed by atoms with Crippen LogP contribution in [0, 0.1) is 0 Å². The van der Waals surface area contributed by atoms with Crippen LogP contribution >= 0.6 is 39.3 Å². The van der Waals surface area contributed by atoms with Crippen molar-refractivity contribution in [3.63, 3.8) is 0 Å². The van der Waals surface area contributed by atoms with Gasteiger partial charge in [0.25, 0.3) is 0 Å². The van der Waals surface area contributed by atoms with E-state index in [0.29, 0.717) is 21.9 Å². The van der Waals surface area contributed by atoms with Gasteiger partial charge >= 0.3 is 0 Å². The molecule has 1 aromatic heterocycles. The molecule has 21 heavy (non-hydrogen) atoms. The van der Waals surface area contributed by atoms with Gasteiger partial charge in [-0.3, -0.25) is 0 Å². The van der Waals surface area contributed by atoms with Crippen molar-refractivity contribution in [2.45, 2.75) is 5.16 Å². The van der Waals surface area contributed by atoms with E-state index in [2.05, 4.69) is 32.0 Å². The Morgan fingerprint density at radius 3 is 2.76 bits per heavy atom. The van der Waals surface area contributed by atoms with Crippen molar-refractivity contribution in [1.82, 2.24) is 9.97 Å². The van der Waals surface area contributed by atoms with Crippen LogP contribution in [-0.4, -0.2) is 16.2 Å². The van der Waals surface area contributed by atoms with E-state index >= 15 is 0 Å². The summed E-state index contributed by atoms with van der Waals surface area (Å²) in [6.07, 6.45) is 1.89. The normalized spacial score (nSPS) is 10.8. The van der Waals surface area contributed by atoms with Crippen molar-refractivity contribution in [2.24, 2.45) is 0 Å². The number of thioether (sulfide) groups is 1. The predicted molar refractivity (Wildman–Crippen MR) is 90.5 cm³/mol. The Kier molecular flexibility index (Phi) is 4.33. The molecule has 0 unspecified atom stereocenters. The van der Waals surface area contributed by atoms with Crippen molar-refractivity contribution in [1.29, 1.82) is 0 Å². The highest BCUT2D eigenvalue weighted by Crippen LogP contribution is 2.35. The van der Waals surface area contributed by atoms with Gasteiger partial charge in [0.1, 0.15) is 10.9 Å². The zero-order valence-corrected chi connectivity index (χ0v) is 14.2. The van der Waals surface area contributed by atoms with Crippen LogP contribution in [0.25, 0.3) is 10.8 Å². The number of benzene rings is 2. The maximum atomic E-state index is 5.97. The topological polar surface area (TPSA) is 35.0 Å². The van der Waals surface area contributed by atoms with Crippen LogP contribution in [-0.2, 0) is 0 Å². The lowest BCUT2D eigenvalue weighted by molar-refractivity contribution is 0.454. The number of nitrogens with zero attached hydrogens (tertiary/aromatic N) is 2. The molecule has 0 aliphatic heterocycles. The van der Waals surface area contributed by atoms with Gasteiger partial charge in [0.05, 0.1) is 4.47 Å². The summed E-state index contributed by atoms with van der Waals surface area (Å²) in [5.74, 6) is 1.12. The molecule has 3 rings (SSSR count). The fourth-order valence-electron chi connectivity index (χ4n) is 1.93. The van der Waals surface area contributed by atoms with E-state index in [1.54, 1.807) is 6.07 Å². The van der Waals surface area contributed by atoms with Crippen molar-refractivity contribution in [3.8, 4) is 11.6 Å². The van der Waals surface area contributed by atoms with Crippen molar-refractivity contribution in [2.75, 3.05) is 6.26 Å². The number of rotatable bonds is 3. The molecule has 0 radical (unpaired) electrons. The van der Waals surface area contributed by atoms with Gasteiger partial charge in [-0.25, -0.2) is 4.98 Å². The molecule has 1 heterocycles. The van der Waals surface area contributed by atoms with E-state index in [1.807, 2.05) is 36.6 Å². The molecule has 0 N–H and O–H groups in total. The van der Waals surface area contributed by atoms with Crippen molar-refractivity contribution in [3.05, 3.63) is 52.1 Å². The molecule has 0 spiro atoms. The molecule has 106 valence electrons. The monoisotopic (exact) mass is 380 g/mol. The molecule has 2 aromatic carbocycles. The van der Waals surface area contributed by atoms with E-state index in [4.69, 9.17) is 16.3 Å². The smallest absolute Gasteiger partial charge is 0.224 e. The Hall–Kier alpha value is -1.30. The van der Waals surface area contributed by atoms with Crippen LogP contribution in [0.3, 0.4) is 0 Å². The van der Waals surface area contributed by atoms with Crippen LogP contribution in [0.1, 0.15) is 0 Å². The first kappa shape index (κ1) is 14.6. The Morgan fingerprint density at radius 2 is 1.95 bits per heavy atom. The molecule has 0 amide bonds. The SMILES string of the molecule is CSc1nc(Cl)cc(Oc2ccc3ccccc3c2Br)n1. The molecule has 0 saturated carbocycles. The number of hydrogen-bond acceptors (Lipinski definition) is 4. The van der Waals surface area contributed by atoms with Gasteiger partial charge in [-0.2, -0.15) is 4.98 Å². The van der Waals surface area contributed by atoms with E-state index in [1.165, 1.54) is 11.8 Å². The standard InChI is InChI=1S/C15H10BrClN2OS/c1-21-15-18-12(17)8-13(19-15)20-11-7-6-9-4-2-3-5-10(9)14(11)16/h2-8H,1H3. The molecule has 0 aliphatic carbocycles. The average molecular weight is 382 g/mol. The number of hydrogen-bond donors (Lipinski definition) is 0. The summed E-state index contributed by atoms with van der Waals surface area (Å²) >= 11 is 11.0. The lowest BCUT2D eigenvalue weighted by Crippen LogP contribution is -1.93. The number of halogens is 2. The highest BCUT2D eigenvalue weighted by molar-refractivity contribution is 9.10. The second-order valence-electron chi connectivity index (χ2n) is 4.22. The van der Waals surface area contributed by atoms with Gasteiger partial charge in [0.2, 0.25) is 5.88 Å². The van der Waals surface area contributed by atoms with Gasteiger partial charge in [-0.05, 0) is 39.0 Å². The Labute approximate surface area is 139 Å². The van der Waals surface area contributed by atoms with E-state index in [-0.39, 0.29) is 0 Å². The van der Waals surface area contributed by atoms with Gasteiger partial charge in [-0.15, -0.1) is 0 Å². The van der Waals surface area contributed by atoms with Crippen molar-refractivity contribution >= 4 is 50.1 Å². The molecule has 3 nitrogen and oxygen atoms in total. The Morgan fingerprint density at radius 1 is 1.14 bits per heavy atom. The predicted octanol–water partition coefficient (Wildman–Crippen LogP) is 5.56. The maximum Gasteiger partial charge on any atom is 0.224 e. The van der Waals surface area contributed by atoms with Crippen LogP contribution in [0.4, 0.5) is 0 Å². The molecular formula is C15H10BrClN2OS. The third-order valence-electron chi connectivity index (χ3n) is 2.88. The van der Waals surface area contributed by atoms with Crippen LogP contribution < -0.4 is 4.74 Å². The highest BCUT2D eigenvalue weighted by Gasteiger charge is 2.09. The Bertz CT molecular complexity index is 813. The number of ether oxygens (including phenoxy) is 1.